The minimum absolute atomic E-state index is 0.00879. The maximum absolute atomic E-state index is 10.7. The fraction of sp³-hybridized carbons (Fsp3) is 0.400. The summed E-state index contributed by atoms with van der Waals surface area (Å²) in [5.41, 5.74) is 6.04. The second-order valence-corrected chi connectivity index (χ2v) is 3.42. The molecule has 3 N–H and O–H groups in total. The lowest BCUT2D eigenvalue weighted by atomic mass is 10.2. The molecular formula is C10H14N2O4. The number of hydrogen-bond acceptors (Lipinski definition) is 5. The first-order valence-electron chi connectivity index (χ1n) is 4.83. The van der Waals surface area contributed by atoms with Crippen molar-refractivity contribution in [1.82, 2.24) is 0 Å². The van der Waals surface area contributed by atoms with Crippen molar-refractivity contribution in [3.05, 3.63) is 33.9 Å². The molecule has 16 heavy (non-hydrogen) atoms. The monoisotopic (exact) mass is 226 g/mol. The minimum atomic E-state index is -0.680. The van der Waals surface area contributed by atoms with E-state index in [2.05, 4.69) is 0 Å². The van der Waals surface area contributed by atoms with Crippen molar-refractivity contribution in [2.45, 2.75) is 19.6 Å². The average molecular weight is 226 g/mol. The van der Waals surface area contributed by atoms with Gasteiger partial charge in [0.05, 0.1) is 11.0 Å². The number of nitro benzene ring substituents is 1. The molecule has 0 bridgehead atoms. The maximum Gasteiger partial charge on any atom is 0.310 e. The van der Waals surface area contributed by atoms with E-state index >= 15 is 0 Å². The zero-order valence-electron chi connectivity index (χ0n) is 8.92. The summed E-state index contributed by atoms with van der Waals surface area (Å²) in [6.07, 6.45) is -0.680. The number of nitro groups is 1. The Hall–Kier alpha value is -1.66. The SMILES string of the molecule is CC(O)COc1cc(CN)ccc1[N+](=O)[O-]. The lowest BCUT2D eigenvalue weighted by Gasteiger charge is -2.09. The molecule has 0 saturated carbocycles. The van der Waals surface area contributed by atoms with E-state index in [0.29, 0.717) is 0 Å². The third kappa shape index (κ3) is 3.18. The van der Waals surface area contributed by atoms with E-state index in [1.165, 1.54) is 12.1 Å². The van der Waals surface area contributed by atoms with Gasteiger partial charge in [0, 0.05) is 12.6 Å². The molecule has 0 aliphatic carbocycles. The molecule has 0 amide bonds. The van der Waals surface area contributed by atoms with Gasteiger partial charge in [-0.3, -0.25) is 10.1 Å². The van der Waals surface area contributed by atoms with Crippen LogP contribution in [0.3, 0.4) is 0 Å². The minimum Gasteiger partial charge on any atom is -0.484 e. The Kier molecular flexibility index (Phi) is 4.21. The van der Waals surface area contributed by atoms with Crippen LogP contribution in [0.4, 0.5) is 5.69 Å². The summed E-state index contributed by atoms with van der Waals surface area (Å²) < 4.78 is 5.16. The third-order valence-corrected chi connectivity index (χ3v) is 1.94. The largest absolute Gasteiger partial charge is 0.484 e. The highest BCUT2D eigenvalue weighted by Gasteiger charge is 2.15. The van der Waals surface area contributed by atoms with Gasteiger partial charge in [-0.05, 0) is 18.6 Å². The molecule has 6 nitrogen and oxygen atoms in total. The van der Waals surface area contributed by atoms with Crippen LogP contribution in [0.2, 0.25) is 0 Å². The van der Waals surface area contributed by atoms with Gasteiger partial charge in [-0.1, -0.05) is 6.07 Å². The molecule has 1 aromatic carbocycles. The molecule has 0 spiro atoms. The summed E-state index contributed by atoms with van der Waals surface area (Å²) in [4.78, 5) is 10.2. The van der Waals surface area contributed by atoms with Gasteiger partial charge in [-0.15, -0.1) is 0 Å². The van der Waals surface area contributed by atoms with Crippen LogP contribution in [0.15, 0.2) is 18.2 Å². The van der Waals surface area contributed by atoms with Crippen LogP contribution < -0.4 is 10.5 Å². The van der Waals surface area contributed by atoms with Crippen LogP contribution in [-0.4, -0.2) is 22.7 Å². The summed E-state index contributed by atoms with van der Waals surface area (Å²) in [6.45, 7) is 1.83. The number of ether oxygens (including phenoxy) is 1. The quantitative estimate of drug-likeness (QED) is 0.571. The van der Waals surface area contributed by atoms with E-state index in [-0.39, 0.29) is 24.6 Å². The number of rotatable bonds is 5. The summed E-state index contributed by atoms with van der Waals surface area (Å²) in [7, 11) is 0. The molecule has 0 heterocycles. The Morgan fingerprint density at radius 2 is 2.31 bits per heavy atom. The predicted molar refractivity (Wildman–Crippen MR) is 58.2 cm³/mol. The van der Waals surface area contributed by atoms with Gasteiger partial charge in [0.1, 0.15) is 6.61 Å². The van der Waals surface area contributed by atoms with Crippen LogP contribution in [0, 0.1) is 10.1 Å². The first-order chi connectivity index (χ1) is 7.54. The molecule has 1 rings (SSSR count). The molecule has 0 saturated heterocycles. The van der Waals surface area contributed by atoms with Crippen LogP contribution in [0.5, 0.6) is 5.75 Å². The molecule has 88 valence electrons. The topological polar surface area (TPSA) is 98.6 Å². The maximum atomic E-state index is 10.7. The highest BCUT2D eigenvalue weighted by atomic mass is 16.6. The Morgan fingerprint density at radius 3 is 2.81 bits per heavy atom. The van der Waals surface area contributed by atoms with Crippen molar-refractivity contribution in [1.29, 1.82) is 0 Å². The highest BCUT2D eigenvalue weighted by molar-refractivity contribution is 5.48. The second-order valence-electron chi connectivity index (χ2n) is 3.42. The molecule has 1 unspecified atom stereocenters. The van der Waals surface area contributed by atoms with Gasteiger partial charge in [-0.25, -0.2) is 0 Å². The Labute approximate surface area is 92.8 Å². The van der Waals surface area contributed by atoms with E-state index < -0.39 is 11.0 Å². The van der Waals surface area contributed by atoms with E-state index in [1.807, 2.05) is 0 Å². The highest BCUT2D eigenvalue weighted by Crippen LogP contribution is 2.27. The lowest BCUT2D eigenvalue weighted by Crippen LogP contribution is -2.13. The van der Waals surface area contributed by atoms with Crippen LogP contribution in [0.1, 0.15) is 12.5 Å². The summed E-state index contributed by atoms with van der Waals surface area (Å²) in [5, 5.41) is 19.7. The molecular weight excluding hydrogens is 212 g/mol. The van der Waals surface area contributed by atoms with E-state index in [9.17, 15) is 10.1 Å². The first kappa shape index (κ1) is 12.4. The van der Waals surface area contributed by atoms with Crippen LogP contribution >= 0.6 is 0 Å². The second kappa shape index (κ2) is 5.43. The van der Waals surface area contributed by atoms with Crippen molar-refractivity contribution in [3.63, 3.8) is 0 Å². The molecule has 1 aromatic rings. The third-order valence-electron chi connectivity index (χ3n) is 1.94. The van der Waals surface area contributed by atoms with Gasteiger partial charge in [-0.2, -0.15) is 0 Å². The van der Waals surface area contributed by atoms with Crippen LogP contribution in [0.25, 0.3) is 0 Å². The average Bonchev–Trinajstić information content (AvgIpc) is 2.25. The fourth-order valence-corrected chi connectivity index (χ4v) is 1.16. The van der Waals surface area contributed by atoms with Crippen molar-refractivity contribution < 1.29 is 14.8 Å². The van der Waals surface area contributed by atoms with E-state index in [1.54, 1.807) is 13.0 Å². The summed E-state index contributed by atoms with van der Waals surface area (Å²) in [6, 6.07) is 4.44. The Bertz CT molecular complexity index is 379. The van der Waals surface area contributed by atoms with Gasteiger partial charge >= 0.3 is 5.69 Å². The van der Waals surface area contributed by atoms with Gasteiger partial charge in [0.25, 0.3) is 0 Å². The molecule has 1 atom stereocenters. The number of hydrogen-bond donors (Lipinski definition) is 2. The number of nitrogens with zero attached hydrogens (tertiary/aromatic N) is 1. The van der Waals surface area contributed by atoms with Crippen molar-refractivity contribution in [3.8, 4) is 5.75 Å². The number of benzene rings is 1. The number of nitrogens with two attached hydrogens (primary N) is 1. The molecule has 0 radical (unpaired) electrons. The van der Waals surface area contributed by atoms with Crippen molar-refractivity contribution >= 4 is 5.69 Å². The first-order valence-corrected chi connectivity index (χ1v) is 4.83. The van der Waals surface area contributed by atoms with Crippen molar-refractivity contribution in [2.24, 2.45) is 5.73 Å². The van der Waals surface area contributed by atoms with E-state index in [0.717, 1.165) is 5.56 Å². The number of aliphatic hydroxyl groups is 1. The van der Waals surface area contributed by atoms with Gasteiger partial charge in [0.15, 0.2) is 5.75 Å². The smallest absolute Gasteiger partial charge is 0.310 e. The normalized spacial score (nSPS) is 12.2. The molecule has 0 fully saturated rings. The van der Waals surface area contributed by atoms with E-state index in [4.69, 9.17) is 15.6 Å². The summed E-state index contributed by atoms with van der Waals surface area (Å²) in [5.74, 6) is 0.133. The molecule has 0 aromatic heterocycles. The zero-order chi connectivity index (χ0) is 12.1. The Morgan fingerprint density at radius 1 is 1.62 bits per heavy atom. The molecule has 0 aliphatic heterocycles. The van der Waals surface area contributed by atoms with Gasteiger partial charge in [0.2, 0.25) is 0 Å². The lowest BCUT2D eigenvalue weighted by molar-refractivity contribution is -0.385. The molecule has 0 aliphatic rings. The van der Waals surface area contributed by atoms with Crippen molar-refractivity contribution in [2.75, 3.05) is 6.61 Å². The zero-order valence-corrected chi connectivity index (χ0v) is 8.92. The molecule has 6 heteroatoms. The summed E-state index contributed by atoms with van der Waals surface area (Å²) >= 11 is 0. The van der Waals surface area contributed by atoms with Gasteiger partial charge < -0.3 is 15.6 Å². The predicted octanol–water partition coefficient (Wildman–Crippen LogP) is 0.813. The van der Waals surface area contributed by atoms with Crippen LogP contribution in [-0.2, 0) is 6.54 Å². The standard InChI is InChI=1S/C10H14N2O4/c1-7(13)6-16-10-4-8(5-11)2-3-9(10)12(14)15/h2-4,7,13H,5-6,11H2,1H3. The number of aliphatic hydroxyl groups excluding tert-OH is 1. The Balaban J connectivity index is 2.96. The fourth-order valence-electron chi connectivity index (χ4n) is 1.16.